The summed E-state index contributed by atoms with van der Waals surface area (Å²) >= 11 is 1.51. The Morgan fingerprint density at radius 2 is 1.57 bits per heavy atom. The maximum absolute atomic E-state index is 14.1. The van der Waals surface area contributed by atoms with Crippen molar-refractivity contribution in [2.75, 3.05) is 16.9 Å². The molecule has 1 amide bonds. The van der Waals surface area contributed by atoms with Gasteiger partial charge >= 0.3 is 5.97 Å². The van der Waals surface area contributed by atoms with E-state index in [1.54, 1.807) is 12.1 Å². The number of thioether (sulfide) groups is 1. The third-order valence-corrected chi connectivity index (χ3v) is 7.85. The first-order chi connectivity index (χ1) is 21.2. The third kappa shape index (κ3) is 8.45. The molecule has 0 heterocycles. The molecule has 0 aliphatic heterocycles. The van der Waals surface area contributed by atoms with Crippen LogP contribution in [0.5, 0.6) is 0 Å². The van der Waals surface area contributed by atoms with Crippen LogP contribution in [0.3, 0.4) is 0 Å². The molecule has 0 spiro atoms. The molecule has 0 saturated heterocycles. The molecule has 0 saturated carbocycles. The molecular weight excluding hydrogens is 580 g/mol. The molecule has 1 atom stereocenters. The van der Waals surface area contributed by atoms with E-state index in [4.69, 9.17) is 6.57 Å². The van der Waals surface area contributed by atoms with Gasteiger partial charge in [0.25, 0.3) is 5.91 Å². The lowest BCUT2D eigenvalue weighted by Crippen LogP contribution is -2.41. The number of carboxylic acids is 1. The Hall–Kier alpha value is -4.68. The van der Waals surface area contributed by atoms with E-state index >= 15 is 0 Å². The van der Waals surface area contributed by atoms with Gasteiger partial charge in [0.1, 0.15) is 17.7 Å². The van der Waals surface area contributed by atoms with Crippen molar-refractivity contribution in [1.29, 1.82) is 0 Å². The highest BCUT2D eigenvalue weighted by atomic mass is 32.2. The molecule has 0 radical (unpaired) electrons. The van der Waals surface area contributed by atoms with Gasteiger partial charge in [-0.2, -0.15) is 11.8 Å². The molecule has 4 aromatic carbocycles. The standard InChI is InChI=1S/C35H33F2N3O3S/c1-23-6-4-5-7-30(23)32-18-25(10-13-31(32)34(41)39-33(35(42)43)14-15-44-3)21-40(22-26-16-27(36)19-28(37)17-26)29-11-8-24(9-12-29)20-38-2/h4-13,16-19,33H,14-15,20-22H2,1,3H3,(H,39,41)(H,42,43). The number of carbonyl (C=O) groups excluding carboxylic acids is 1. The Morgan fingerprint density at radius 1 is 0.909 bits per heavy atom. The SMILES string of the molecule is [C-]#[N+]Cc1ccc(N(Cc2cc(F)cc(F)c2)Cc2ccc(C(=O)NC(CCSC)C(=O)O)c(-c3ccccc3C)c2)cc1. The van der Waals surface area contributed by atoms with Crippen molar-refractivity contribution in [3.63, 3.8) is 0 Å². The fourth-order valence-electron chi connectivity index (χ4n) is 5.00. The topological polar surface area (TPSA) is 74.0 Å². The Morgan fingerprint density at radius 3 is 2.20 bits per heavy atom. The summed E-state index contributed by atoms with van der Waals surface area (Å²) in [5.41, 5.74) is 5.70. The van der Waals surface area contributed by atoms with Crippen LogP contribution in [0.4, 0.5) is 14.5 Å². The number of anilines is 1. The van der Waals surface area contributed by atoms with Crippen LogP contribution < -0.4 is 10.2 Å². The van der Waals surface area contributed by atoms with Gasteiger partial charge in [0, 0.05) is 36.0 Å². The highest BCUT2D eigenvalue weighted by Crippen LogP contribution is 2.30. The quantitative estimate of drug-likeness (QED) is 0.153. The summed E-state index contributed by atoms with van der Waals surface area (Å²) < 4.78 is 28.2. The number of aryl methyl sites for hydroxylation is 1. The van der Waals surface area contributed by atoms with E-state index < -0.39 is 29.6 Å². The predicted molar refractivity (Wildman–Crippen MR) is 171 cm³/mol. The van der Waals surface area contributed by atoms with E-state index in [0.29, 0.717) is 35.4 Å². The first-order valence-corrected chi connectivity index (χ1v) is 15.4. The van der Waals surface area contributed by atoms with Crippen molar-refractivity contribution < 1.29 is 23.5 Å². The van der Waals surface area contributed by atoms with E-state index in [1.807, 2.05) is 72.7 Å². The van der Waals surface area contributed by atoms with Crippen LogP contribution in [0.1, 0.15) is 39.0 Å². The van der Waals surface area contributed by atoms with Crippen molar-refractivity contribution in [3.8, 4) is 11.1 Å². The molecule has 0 aliphatic carbocycles. The van der Waals surface area contributed by atoms with E-state index in [1.165, 1.54) is 23.9 Å². The van der Waals surface area contributed by atoms with Gasteiger partial charge in [-0.3, -0.25) is 4.79 Å². The van der Waals surface area contributed by atoms with E-state index in [2.05, 4.69) is 10.2 Å². The predicted octanol–water partition coefficient (Wildman–Crippen LogP) is 7.50. The lowest BCUT2D eigenvalue weighted by Gasteiger charge is -2.26. The number of aliphatic carboxylic acids is 1. The molecule has 0 aliphatic rings. The molecule has 4 rings (SSSR count). The van der Waals surface area contributed by atoms with Crippen molar-refractivity contribution in [2.24, 2.45) is 0 Å². The van der Waals surface area contributed by atoms with E-state index in [-0.39, 0.29) is 13.1 Å². The molecule has 226 valence electrons. The molecule has 6 nitrogen and oxygen atoms in total. The minimum atomic E-state index is -1.09. The number of carboxylic acid groups (broad SMARTS) is 1. The molecule has 0 bridgehead atoms. The molecule has 2 N–H and O–H groups in total. The van der Waals surface area contributed by atoms with Gasteiger partial charge in [0.05, 0.1) is 0 Å². The summed E-state index contributed by atoms with van der Waals surface area (Å²) in [6, 6.07) is 22.9. The minimum Gasteiger partial charge on any atom is -0.480 e. The third-order valence-electron chi connectivity index (χ3n) is 7.21. The molecule has 9 heteroatoms. The van der Waals surface area contributed by atoms with Gasteiger partial charge in [-0.15, -0.1) is 0 Å². The molecular formula is C35H33F2N3O3S. The van der Waals surface area contributed by atoms with Crippen LogP contribution in [-0.2, 0) is 24.4 Å². The second-order valence-electron chi connectivity index (χ2n) is 10.5. The largest absolute Gasteiger partial charge is 0.480 e. The summed E-state index contributed by atoms with van der Waals surface area (Å²) in [5.74, 6) is -2.31. The van der Waals surface area contributed by atoms with Crippen LogP contribution in [0, 0.1) is 25.1 Å². The first kappa shape index (κ1) is 32.2. The van der Waals surface area contributed by atoms with Crippen LogP contribution in [0.25, 0.3) is 16.0 Å². The zero-order valence-electron chi connectivity index (χ0n) is 24.5. The van der Waals surface area contributed by atoms with Crippen LogP contribution in [-0.4, -0.2) is 35.0 Å². The van der Waals surface area contributed by atoms with Gasteiger partial charge in [0.15, 0.2) is 0 Å². The monoisotopic (exact) mass is 613 g/mol. The number of benzene rings is 4. The van der Waals surface area contributed by atoms with Gasteiger partial charge in [-0.05, 0) is 102 Å². The van der Waals surface area contributed by atoms with E-state index in [0.717, 1.165) is 34.0 Å². The molecule has 44 heavy (non-hydrogen) atoms. The van der Waals surface area contributed by atoms with Crippen molar-refractivity contribution in [2.45, 2.75) is 39.0 Å². The second-order valence-corrected chi connectivity index (χ2v) is 11.4. The summed E-state index contributed by atoms with van der Waals surface area (Å²) in [6.45, 7) is 9.88. The van der Waals surface area contributed by atoms with Crippen LogP contribution >= 0.6 is 11.8 Å². The number of hydrogen-bond acceptors (Lipinski definition) is 4. The van der Waals surface area contributed by atoms with Crippen LogP contribution in [0.15, 0.2) is 84.9 Å². The number of carbonyl (C=O) groups is 2. The number of rotatable bonds is 13. The van der Waals surface area contributed by atoms with Crippen molar-refractivity contribution >= 4 is 29.3 Å². The zero-order valence-corrected chi connectivity index (χ0v) is 25.3. The lowest BCUT2D eigenvalue weighted by molar-refractivity contribution is -0.139. The number of amides is 1. The Labute approximate surface area is 260 Å². The first-order valence-electron chi connectivity index (χ1n) is 14.0. The van der Waals surface area contributed by atoms with Gasteiger partial charge in [0.2, 0.25) is 6.54 Å². The number of nitrogens with zero attached hydrogens (tertiary/aromatic N) is 2. The number of hydrogen-bond donors (Lipinski definition) is 2. The summed E-state index contributed by atoms with van der Waals surface area (Å²) in [6.07, 6.45) is 2.18. The maximum Gasteiger partial charge on any atom is 0.326 e. The molecule has 0 fully saturated rings. The summed E-state index contributed by atoms with van der Waals surface area (Å²) in [4.78, 5) is 30.7. The van der Waals surface area contributed by atoms with E-state index in [9.17, 15) is 23.5 Å². The Balaban J connectivity index is 1.74. The van der Waals surface area contributed by atoms with Crippen molar-refractivity contribution in [1.82, 2.24) is 5.32 Å². The fraction of sp³-hybridized carbons (Fsp3) is 0.229. The molecule has 4 aromatic rings. The fourth-order valence-corrected chi connectivity index (χ4v) is 5.47. The highest BCUT2D eigenvalue weighted by Gasteiger charge is 2.23. The average molecular weight is 614 g/mol. The Bertz CT molecular complexity index is 1650. The zero-order chi connectivity index (χ0) is 31.6. The summed E-state index contributed by atoms with van der Waals surface area (Å²) in [7, 11) is 0. The summed E-state index contributed by atoms with van der Waals surface area (Å²) in [5, 5.41) is 12.4. The normalized spacial score (nSPS) is 11.4. The highest BCUT2D eigenvalue weighted by molar-refractivity contribution is 7.98. The van der Waals surface area contributed by atoms with Gasteiger partial charge in [-0.1, -0.05) is 30.3 Å². The average Bonchev–Trinajstić information content (AvgIpc) is 2.99. The number of halogens is 2. The second kappa shape index (κ2) is 15.2. The lowest BCUT2D eigenvalue weighted by atomic mass is 9.93. The Kier molecular flexibility index (Phi) is 11.1. The molecule has 1 unspecified atom stereocenters. The molecule has 0 aromatic heterocycles. The minimum absolute atomic E-state index is 0.203. The number of nitrogens with one attached hydrogen (secondary N) is 1. The smallest absolute Gasteiger partial charge is 0.326 e. The maximum atomic E-state index is 14.1. The van der Waals surface area contributed by atoms with Gasteiger partial charge in [-0.25, -0.2) is 20.1 Å². The van der Waals surface area contributed by atoms with Crippen molar-refractivity contribution in [3.05, 3.63) is 136 Å². The van der Waals surface area contributed by atoms with Crippen LogP contribution in [0.2, 0.25) is 0 Å². The van der Waals surface area contributed by atoms with Gasteiger partial charge < -0.3 is 20.2 Å².